The van der Waals surface area contributed by atoms with E-state index < -0.39 is 0 Å². The average molecular weight is 190 g/mol. The van der Waals surface area contributed by atoms with Crippen molar-refractivity contribution in [3.05, 3.63) is 5.92 Å². The summed E-state index contributed by atoms with van der Waals surface area (Å²) in [4.78, 5) is 0. The van der Waals surface area contributed by atoms with Crippen LogP contribution in [0.5, 0.6) is 0 Å². The van der Waals surface area contributed by atoms with Crippen LogP contribution in [0.15, 0.2) is 0 Å². The summed E-state index contributed by atoms with van der Waals surface area (Å²) in [6.07, 6.45) is 0. The molecule has 0 saturated carbocycles. The summed E-state index contributed by atoms with van der Waals surface area (Å²) in [7, 11) is 0. The molecule has 0 spiro atoms. The van der Waals surface area contributed by atoms with Crippen LogP contribution in [0.2, 0.25) is 0 Å². The Kier molecular flexibility index (Phi) is 11.9. The molecule has 8 heavy (non-hydrogen) atoms. The van der Waals surface area contributed by atoms with Gasteiger partial charge in [-0.2, -0.15) is 13.8 Å². The Morgan fingerprint density at radius 3 is 2.00 bits per heavy atom. The molecule has 0 aliphatic rings. The summed E-state index contributed by atoms with van der Waals surface area (Å²) in [5, 5.41) is 0. The number of ether oxygens (including phenoxy) is 1. The van der Waals surface area contributed by atoms with Crippen LogP contribution in [-0.4, -0.2) is 13.2 Å². The molecule has 0 amide bonds. The molecule has 0 aliphatic carbocycles. The predicted octanol–water partition coefficient (Wildman–Crippen LogP) is 1.63. The van der Waals surface area contributed by atoms with E-state index in [1.54, 1.807) is 0 Å². The van der Waals surface area contributed by atoms with Crippen molar-refractivity contribution in [2.45, 2.75) is 20.8 Å². The predicted molar refractivity (Wildman–Crippen MR) is 31.1 cm³/mol. The molecule has 0 atom stereocenters. The zero-order chi connectivity index (χ0) is 5.70. The molecule has 0 unspecified atom stereocenters. The third kappa shape index (κ3) is 10.1. The third-order valence-corrected chi connectivity index (χ3v) is 0.595. The monoisotopic (exact) mass is 190 g/mol. The van der Waals surface area contributed by atoms with Gasteiger partial charge in [-0.3, -0.25) is 5.92 Å². The van der Waals surface area contributed by atoms with Crippen molar-refractivity contribution >= 4 is 0 Å². The van der Waals surface area contributed by atoms with Crippen molar-refractivity contribution in [2.24, 2.45) is 0 Å². The van der Waals surface area contributed by atoms with Gasteiger partial charge in [0.25, 0.3) is 0 Å². The van der Waals surface area contributed by atoms with E-state index in [0.717, 1.165) is 13.2 Å². The molecule has 0 fully saturated rings. The molecule has 0 saturated heterocycles. The van der Waals surface area contributed by atoms with Crippen LogP contribution in [-0.2, 0) is 37.4 Å². The van der Waals surface area contributed by atoms with Gasteiger partial charge in [-0.25, -0.2) is 0 Å². The molecule has 0 N–H and O–H groups in total. The van der Waals surface area contributed by atoms with Crippen LogP contribution in [0.4, 0.5) is 0 Å². The second kappa shape index (κ2) is 8.06. The van der Waals surface area contributed by atoms with Crippen LogP contribution in [0.25, 0.3) is 0 Å². The van der Waals surface area contributed by atoms with Gasteiger partial charge in [-0.05, 0) is 6.92 Å². The summed E-state index contributed by atoms with van der Waals surface area (Å²) >= 11 is 0. The minimum absolute atomic E-state index is 0. The fourth-order valence-electron chi connectivity index (χ4n) is 0.306. The summed E-state index contributed by atoms with van der Waals surface area (Å²) in [5.74, 6) is 1.34. The summed E-state index contributed by atoms with van der Waals surface area (Å²) in [5.41, 5.74) is 0. The molecule has 0 heterocycles. The molecule has 0 bridgehead atoms. The summed E-state index contributed by atoms with van der Waals surface area (Å²) in [6.45, 7) is 7.77. The van der Waals surface area contributed by atoms with Crippen LogP contribution in [0.3, 0.4) is 0 Å². The Bertz CT molecular complexity index is 37.5. The Balaban J connectivity index is 0. The average Bonchev–Trinajstić information content (AvgIpc) is 1.61. The molecular formula is C6H13OY-. The SMILES string of the molecule is CCOC[C-](C)C.[Y]. The maximum atomic E-state index is 5.06. The van der Waals surface area contributed by atoms with Crippen LogP contribution in [0.1, 0.15) is 20.8 Å². The normalized spacial score (nSPS) is 9.00. The quantitative estimate of drug-likeness (QED) is 0.614. The van der Waals surface area contributed by atoms with Gasteiger partial charge >= 0.3 is 0 Å². The maximum Gasteiger partial charge on any atom is 0.0402 e. The van der Waals surface area contributed by atoms with E-state index in [0.29, 0.717) is 0 Å². The van der Waals surface area contributed by atoms with Crippen LogP contribution >= 0.6 is 0 Å². The molecule has 2 heteroatoms. The Labute approximate surface area is 77.1 Å². The van der Waals surface area contributed by atoms with Crippen molar-refractivity contribution in [3.8, 4) is 0 Å². The molecule has 0 rings (SSSR count). The molecular weight excluding hydrogens is 177 g/mol. The van der Waals surface area contributed by atoms with Gasteiger partial charge < -0.3 is 4.74 Å². The third-order valence-electron chi connectivity index (χ3n) is 0.595. The van der Waals surface area contributed by atoms with Gasteiger partial charge in [0.05, 0.1) is 0 Å². The van der Waals surface area contributed by atoms with Crippen molar-refractivity contribution in [2.75, 3.05) is 13.2 Å². The molecule has 1 nitrogen and oxygen atoms in total. The first-order valence-electron chi connectivity index (χ1n) is 2.64. The van der Waals surface area contributed by atoms with Crippen LogP contribution < -0.4 is 0 Å². The number of rotatable bonds is 3. The van der Waals surface area contributed by atoms with E-state index in [2.05, 4.69) is 13.8 Å². The summed E-state index contributed by atoms with van der Waals surface area (Å²) < 4.78 is 5.06. The molecule has 0 aromatic rings. The molecule has 0 aromatic heterocycles. The second-order valence-corrected chi connectivity index (χ2v) is 1.84. The minimum atomic E-state index is 0. The first-order chi connectivity index (χ1) is 3.27. The van der Waals surface area contributed by atoms with Gasteiger partial charge in [-0.1, -0.05) is 6.61 Å². The fourth-order valence-corrected chi connectivity index (χ4v) is 0.306. The Morgan fingerprint density at radius 1 is 1.38 bits per heavy atom. The minimum Gasteiger partial charge on any atom is -0.413 e. The van der Waals surface area contributed by atoms with Crippen molar-refractivity contribution < 1.29 is 37.4 Å². The smallest absolute Gasteiger partial charge is 0.0402 e. The Hall–Kier alpha value is 1.06. The van der Waals surface area contributed by atoms with Crippen LogP contribution in [0, 0.1) is 5.92 Å². The van der Waals surface area contributed by atoms with E-state index in [4.69, 9.17) is 4.74 Å². The van der Waals surface area contributed by atoms with E-state index in [1.165, 1.54) is 5.92 Å². The zero-order valence-corrected chi connectivity index (χ0v) is 8.74. The largest absolute Gasteiger partial charge is 0.413 e. The van der Waals surface area contributed by atoms with Gasteiger partial charge in [0.2, 0.25) is 0 Å². The number of hydrogen-bond acceptors (Lipinski definition) is 1. The number of hydrogen-bond donors (Lipinski definition) is 0. The topological polar surface area (TPSA) is 9.23 Å². The van der Waals surface area contributed by atoms with Gasteiger partial charge in [0.1, 0.15) is 0 Å². The fraction of sp³-hybridized carbons (Fsp3) is 0.833. The Morgan fingerprint density at radius 2 is 1.88 bits per heavy atom. The first-order valence-corrected chi connectivity index (χ1v) is 2.64. The van der Waals surface area contributed by atoms with Gasteiger partial charge in [0.15, 0.2) is 0 Å². The summed E-state index contributed by atoms with van der Waals surface area (Å²) in [6, 6.07) is 0. The van der Waals surface area contributed by atoms with Crippen molar-refractivity contribution in [1.82, 2.24) is 0 Å². The van der Waals surface area contributed by atoms with E-state index in [1.807, 2.05) is 6.92 Å². The van der Waals surface area contributed by atoms with E-state index in [9.17, 15) is 0 Å². The zero-order valence-electron chi connectivity index (χ0n) is 5.90. The van der Waals surface area contributed by atoms with Gasteiger partial charge in [-0.15, -0.1) is 0 Å². The van der Waals surface area contributed by atoms with E-state index >= 15 is 0 Å². The van der Waals surface area contributed by atoms with Crippen molar-refractivity contribution in [3.63, 3.8) is 0 Å². The molecule has 1 radical (unpaired) electrons. The van der Waals surface area contributed by atoms with Crippen molar-refractivity contribution in [1.29, 1.82) is 0 Å². The molecule has 0 aromatic carbocycles. The first kappa shape index (κ1) is 11.8. The van der Waals surface area contributed by atoms with Gasteiger partial charge in [0, 0.05) is 39.3 Å². The standard InChI is InChI=1S/C6H13O.Y/c1-4-7-5-6(2)3;/h4-5H2,1-3H3;/q-1;. The maximum absolute atomic E-state index is 5.06. The molecule has 47 valence electrons. The van der Waals surface area contributed by atoms with E-state index in [-0.39, 0.29) is 32.7 Å². The molecule has 0 aliphatic heterocycles. The second-order valence-electron chi connectivity index (χ2n) is 1.84.